The maximum absolute atomic E-state index is 12.9. The number of benzene rings is 1. The first-order valence-corrected chi connectivity index (χ1v) is 5.46. The number of urea groups is 1. The summed E-state index contributed by atoms with van der Waals surface area (Å²) in [5.74, 6) is -2.11. The number of aliphatic carboxylic acids is 1. The largest absolute Gasteiger partial charge is 0.479 e. The summed E-state index contributed by atoms with van der Waals surface area (Å²) in [6.07, 6.45) is 0. The third-order valence-corrected chi connectivity index (χ3v) is 2.40. The minimum atomic E-state index is -2.11. The van der Waals surface area contributed by atoms with Crippen LogP contribution in [-0.4, -0.2) is 34.4 Å². The maximum Gasteiger partial charge on any atom is 0.337 e. The van der Waals surface area contributed by atoms with E-state index in [1.807, 2.05) is 0 Å². The molecule has 0 aliphatic heterocycles. The molecule has 1 aromatic carbocycles. The second-order valence-corrected chi connectivity index (χ2v) is 4.19. The second kappa shape index (κ2) is 5.99. The first-order valence-electron chi connectivity index (χ1n) is 5.46. The highest BCUT2D eigenvalue weighted by atomic mass is 19.1. The molecular formula is C12H12FN3O4. The number of nitrogens with zero attached hydrogens (tertiary/aromatic N) is 1. The van der Waals surface area contributed by atoms with E-state index >= 15 is 0 Å². The zero-order valence-electron chi connectivity index (χ0n) is 10.5. The summed E-state index contributed by atoms with van der Waals surface area (Å²) in [6.45, 7) is 0.492. The number of aliphatic hydroxyl groups is 1. The van der Waals surface area contributed by atoms with Gasteiger partial charge in [0.1, 0.15) is 11.9 Å². The molecule has 0 saturated heterocycles. The van der Waals surface area contributed by atoms with Crippen LogP contribution in [0.2, 0.25) is 0 Å². The Morgan fingerprint density at radius 1 is 1.50 bits per heavy atom. The molecule has 4 N–H and O–H groups in total. The lowest BCUT2D eigenvalue weighted by atomic mass is 10.1. The summed E-state index contributed by atoms with van der Waals surface area (Å²) >= 11 is 0. The molecule has 0 saturated carbocycles. The fourth-order valence-electron chi connectivity index (χ4n) is 1.21. The third kappa shape index (κ3) is 3.93. The molecule has 1 rings (SSSR count). The molecular weight excluding hydrogens is 269 g/mol. The lowest BCUT2D eigenvalue weighted by Crippen LogP contribution is -2.47. The highest BCUT2D eigenvalue weighted by molar-refractivity contribution is 5.91. The van der Waals surface area contributed by atoms with Crippen LogP contribution in [-0.2, 0) is 4.79 Å². The molecule has 0 heterocycles. The van der Waals surface area contributed by atoms with Crippen molar-refractivity contribution in [2.45, 2.75) is 12.5 Å². The van der Waals surface area contributed by atoms with E-state index in [0.717, 1.165) is 19.1 Å². The van der Waals surface area contributed by atoms with Gasteiger partial charge >= 0.3 is 12.0 Å². The molecule has 2 amide bonds. The van der Waals surface area contributed by atoms with Crippen LogP contribution in [0.3, 0.4) is 0 Å². The minimum absolute atomic E-state index is 0.0707. The molecule has 8 heteroatoms. The zero-order chi connectivity index (χ0) is 15.3. The fourth-order valence-corrected chi connectivity index (χ4v) is 1.21. The van der Waals surface area contributed by atoms with Gasteiger partial charge in [-0.1, -0.05) is 0 Å². The van der Waals surface area contributed by atoms with E-state index < -0.39 is 30.0 Å². The zero-order valence-corrected chi connectivity index (χ0v) is 10.5. The van der Waals surface area contributed by atoms with Crippen molar-refractivity contribution < 1.29 is 24.2 Å². The molecule has 1 atom stereocenters. The SMILES string of the molecule is CC(O)(CNC(=O)Nc1ccc(F)cc1C#N)C(=O)O. The van der Waals surface area contributed by atoms with Crippen LogP contribution in [0.1, 0.15) is 12.5 Å². The number of nitriles is 1. The predicted octanol–water partition coefficient (Wildman–Crippen LogP) is 0.654. The lowest BCUT2D eigenvalue weighted by molar-refractivity contribution is -0.155. The predicted molar refractivity (Wildman–Crippen MR) is 66.4 cm³/mol. The fraction of sp³-hybridized carbons (Fsp3) is 0.250. The van der Waals surface area contributed by atoms with Crippen LogP contribution < -0.4 is 10.6 Å². The van der Waals surface area contributed by atoms with Gasteiger partial charge in [0.2, 0.25) is 0 Å². The molecule has 1 unspecified atom stereocenters. The molecule has 0 aliphatic rings. The molecule has 0 bridgehead atoms. The number of carbonyl (C=O) groups is 2. The molecule has 7 nitrogen and oxygen atoms in total. The Morgan fingerprint density at radius 3 is 2.70 bits per heavy atom. The van der Waals surface area contributed by atoms with Gasteiger partial charge in [0.05, 0.1) is 17.8 Å². The van der Waals surface area contributed by atoms with Crippen molar-refractivity contribution in [3.8, 4) is 6.07 Å². The molecule has 20 heavy (non-hydrogen) atoms. The summed E-state index contributed by atoms with van der Waals surface area (Å²) in [4.78, 5) is 22.1. The first kappa shape index (κ1) is 15.4. The Balaban J connectivity index is 2.69. The van der Waals surface area contributed by atoms with Crippen molar-refractivity contribution in [2.24, 2.45) is 0 Å². The number of carbonyl (C=O) groups excluding carboxylic acids is 1. The van der Waals surface area contributed by atoms with E-state index in [9.17, 15) is 19.1 Å². The number of hydrogen-bond acceptors (Lipinski definition) is 4. The Morgan fingerprint density at radius 2 is 2.15 bits per heavy atom. The lowest BCUT2D eigenvalue weighted by Gasteiger charge is -2.18. The molecule has 0 aliphatic carbocycles. The number of amides is 2. The van der Waals surface area contributed by atoms with Crippen LogP contribution in [0.25, 0.3) is 0 Å². The molecule has 0 fully saturated rings. The van der Waals surface area contributed by atoms with Crippen molar-refractivity contribution in [3.05, 3.63) is 29.6 Å². The Bertz CT molecular complexity index is 581. The smallest absolute Gasteiger partial charge is 0.337 e. The van der Waals surface area contributed by atoms with Crippen molar-refractivity contribution in [2.75, 3.05) is 11.9 Å². The number of rotatable bonds is 4. The van der Waals surface area contributed by atoms with Crippen LogP contribution >= 0.6 is 0 Å². The second-order valence-electron chi connectivity index (χ2n) is 4.19. The van der Waals surface area contributed by atoms with Gasteiger partial charge in [-0.3, -0.25) is 0 Å². The topological polar surface area (TPSA) is 122 Å². The van der Waals surface area contributed by atoms with E-state index in [1.165, 1.54) is 6.07 Å². The van der Waals surface area contributed by atoms with Gasteiger partial charge in [-0.15, -0.1) is 0 Å². The molecule has 1 aromatic rings. The van der Waals surface area contributed by atoms with Gasteiger partial charge in [-0.05, 0) is 25.1 Å². The standard InChI is InChI=1S/C12H12FN3O4/c1-12(20,10(17)18)6-15-11(19)16-9-3-2-8(13)4-7(9)5-14/h2-4,20H,6H2,1H3,(H,17,18)(H2,15,16,19). The highest BCUT2D eigenvalue weighted by Gasteiger charge is 2.30. The van der Waals surface area contributed by atoms with E-state index in [-0.39, 0.29) is 11.3 Å². The van der Waals surface area contributed by atoms with E-state index in [1.54, 1.807) is 6.07 Å². The number of halogens is 1. The van der Waals surface area contributed by atoms with Crippen LogP contribution in [0.4, 0.5) is 14.9 Å². The van der Waals surface area contributed by atoms with Gasteiger partial charge in [0.25, 0.3) is 0 Å². The summed E-state index contributed by atoms with van der Waals surface area (Å²) in [7, 11) is 0. The van der Waals surface area contributed by atoms with Gasteiger partial charge in [-0.25, -0.2) is 14.0 Å². The van der Waals surface area contributed by atoms with Gasteiger partial charge < -0.3 is 20.8 Å². The van der Waals surface area contributed by atoms with Crippen LogP contribution in [0, 0.1) is 17.1 Å². The van der Waals surface area contributed by atoms with Crippen LogP contribution in [0.5, 0.6) is 0 Å². The third-order valence-electron chi connectivity index (χ3n) is 2.40. The van der Waals surface area contributed by atoms with Gasteiger partial charge in [0.15, 0.2) is 5.60 Å². The Kier molecular flexibility index (Phi) is 4.61. The average molecular weight is 281 g/mol. The monoisotopic (exact) mass is 281 g/mol. The average Bonchev–Trinajstić information content (AvgIpc) is 2.38. The summed E-state index contributed by atoms with van der Waals surface area (Å²) in [5, 5.41) is 31.2. The molecule has 0 radical (unpaired) electrons. The molecule has 0 spiro atoms. The number of nitrogens with one attached hydrogen (secondary N) is 2. The van der Waals surface area contributed by atoms with Crippen molar-refractivity contribution in [1.82, 2.24) is 5.32 Å². The molecule has 106 valence electrons. The van der Waals surface area contributed by atoms with Crippen molar-refractivity contribution in [1.29, 1.82) is 5.26 Å². The number of carboxylic acids is 1. The van der Waals surface area contributed by atoms with E-state index in [2.05, 4.69) is 10.6 Å². The maximum atomic E-state index is 12.9. The van der Waals surface area contributed by atoms with Crippen LogP contribution in [0.15, 0.2) is 18.2 Å². The number of carboxylic acid groups (broad SMARTS) is 1. The quantitative estimate of drug-likeness (QED) is 0.645. The van der Waals surface area contributed by atoms with Crippen molar-refractivity contribution >= 4 is 17.7 Å². The highest BCUT2D eigenvalue weighted by Crippen LogP contribution is 2.15. The number of anilines is 1. The Hall–Kier alpha value is -2.66. The summed E-state index contributed by atoms with van der Waals surface area (Å²) in [6, 6.07) is 4.09. The Labute approximate surface area is 113 Å². The molecule has 0 aromatic heterocycles. The summed E-state index contributed by atoms with van der Waals surface area (Å²) in [5.41, 5.74) is -2.12. The van der Waals surface area contributed by atoms with Gasteiger partial charge in [-0.2, -0.15) is 5.26 Å². The van der Waals surface area contributed by atoms with Gasteiger partial charge in [0, 0.05) is 0 Å². The minimum Gasteiger partial charge on any atom is -0.479 e. The summed E-state index contributed by atoms with van der Waals surface area (Å²) < 4.78 is 12.9. The van der Waals surface area contributed by atoms with E-state index in [0.29, 0.717) is 0 Å². The van der Waals surface area contributed by atoms with E-state index in [4.69, 9.17) is 10.4 Å². The van der Waals surface area contributed by atoms with Crippen molar-refractivity contribution in [3.63, 3.8) is 0 Å². The number of hydrogen-bond donors (Lipinski definition) is 4. The first-order chi connectivity index (χ1) is 9.26. The normalized spacial score (nSPS) is 12.9.